The minimum absolute atomic E-state index is 0.434. The number of benzene rings is 19. The maximum Gasteiger partial charge on any atom is 0.160 e. The van der Waals surface area contributed by atoms with Crippen LogP contribution < -0.4 is 0 Å². The highest BCUT2D eigenvalue weighted by molar-refractivity contribution is 7.26. The molecule has 132 heavy (non-hydrogen) atoms. The quantitative estimate of drug-likeness (QED) is 0.128. The fraction of sp³-hybridized carbons (Fsp3) is 0.0244. The number of thiophene rings is 1. The van der Waals surface area contributed by atoms with Crippen LogP contribution in [0.1, 0.15) is 25.0 Å². The van der Waals surface area contributed by atoms with Crippen LogP contribution in [0.15, 0.2) is 437 Å². The molecule has 1 aliphatic rings. The summed E-state index contributed by atoms with van der Waals surface area (Å²) in [7, 11) is 0. The molecule has 616 valence electrons. The molecule has 0 amide bonds. The molecule has 9 heteroatoms. The Morgan fingerprint density at radius 3 is 1.31 bits per heavy atom. The van der Waals surface area contributed by atoms with Gasteiger partial charge in [0.25, 0.3) is 0 Å². The highest BCUT2D eigenvalue weighted by atomic mass is 32.1. The number of pyridine rings is 2. The van der Waals surface area contributed by atoms with Crippen LogP contribution in [0.2, 0.25) is 0 Å². The summed E-state index contributed by atoms with van der Waals surface area (Å²) in [5.74, 6) is 1.37. The zero-order valence-electron chi connectivity index (χ0n) is 72.1. The van der Waals surface area contributed by atoms with Crippen LogP contribution in [0.5, 0.6) is 0 Å². The number of fused-ring (bicyclic) bond motifs is 19. The predicted molar refractivity (Wildman–Crippen MR) is 553 cm³/mol. The second-order valence-electron chi connectivity index (χ2n) is 35.1. The molecule has 0 saturated heterocycles. The Hall–Kier alpha value is -17.0. The second-order valence-corrected chi connectivity index (χ2v) is 36.2. The molecule has 0 N–H and O–H groups in total. The summed E-state index contributed by atoms with van der Waals surface area (Å²) in [5.41, 5.74) is 30.4. The van der Waals surface area contributed by atoms with Gasteiger partial charge in [0, 0.05) is 105 Å². The average Bonchev–Trinajstić information content (AvgIpc) is 1.55. The summed E-state index contributed by atoms with van der Waals surface area (Å²) in [6, 6.07) is 151. The van der Waals surface area contributed by atoms with E-state index in [-0.39, 0.29) is 0 Å². The Morgan fingerprint density at radius 2 is 0.689 bits per heavy atom. The summed E-state index contributed by atoms with van der Waals surface area (Å²) in [4.78, 5) is 31.7. The Bertz CT molecular complexity index is 9120. The van der Waals surface area contributed by atoms with Crippen molar-refractivity contribution in [1.82, 2.24) is 39.0 Å². The standard InChI is InChI=1S/C63H38N4S.C60H40N4/c1-3-13-39(14-4-1)40-25-27-43(28-26-40)52-37-55-58(38-53(52)41-15-5-2-6-16-41)68-62-59(65-63(66-60(55)62)44-31-33-64-34-32-44)50-23-11-22-49-48(50)21-12-24-56(49)67-57-36-46-19-8-7-18-45(46)35-54(57)51-30-29-42-17-9-10-20-47(42)61(51)67;1-60(2)51-36-47(38-19-8-4-9-20-38)46(37-17-6-3-7-18-37)35-50(51)58-55(60)57(62-59(63-58)39-21-10-5-11-22-39)45-28-29-52(56-44(45)27-16-30-61-56)64-53-33-42-25-14-12-23-40(42)31-48(53)49-32-41-24-13-15-26-43(41)34-54(49)64/h1-38H;3-36H,1-2H3. The first-order valence-electron chi connectivity index (χ1n) is 45.0. The minimum Gasteiger partial charge on any atom is -0.308 e. The topological polar surface area (TPSA) is 87.2 Å². The van der Waals surface area contributed by atoms with Gasteiger partial charge in [-0.2, -0.15) is 0 Å². The van der Waals surface area contributed by atoms with Crippen LogP contribution in [0.4, 0.5) is 0 Å². The molecule has 26 aromatic rings. The SMILES string of the molecule is CC1(C)c2cc(-c3ccccc3)c(-c3ccccc3)cc2-c2nc(-c3ccccc3)nc(-c3ccc(-n4c5cc6ccccc6cc5c5cc6ccccc6cc54)c4ncccc34)c21.c1ccc(-c2ccc(-c3cc4c(cc3-c3ccccc3)sc3c(-c5cccc6c(-n7c8cc9ccccc9cc8c8ccc9ccccc9c87)cccc56)nc(-c5ccncc5)nc34)cc2)cc1. The molecular weight excluding hydrogens is 1620 g/mol. The number of hydrogen-bond acceptors (Lipinski definition) is 7. The first-order valence-corrected chi connectivity index (χ1v) is 45.8. The maximum absolute atomic E-state index is 5.59. The molecule has 0 bridgehead atoms. The second kappa shape index (κ2) is 30.6. The van der Waals surface area contributed by atoms with Crippen LogP contribution in [0, 0.1) is 0 Å². The maximum atomic E-state index is 5.59. The van der Waals surface area contributed by atoms with E-state index >= 15 is 0 Å². The van der Waals surface area contributed by atoms with E-state index in [9.17, 15) is 0 Å². The van der Waals surface area contributed by atoms with Gasteiger partial charge in [-0.25, -0.2) is 19.9 Å². The summed E-state index contributed by atoms with van der Waals surface area (Å²) < 4.78 is 7.15. The van der Waals surface area contributed by atoms with E-state index in [4.69, 9.17) is 24.9 Å². The highest BCUT2D eigenvalue weighted by Crippen LogP contribution is 2.56. The van der Waals surface area contributed by atoms with Crippen molar-refractivity contribution in [3.63, 3.8) is 0 Å². The molecule has 0 radical (unpaired) electrons. The van der Waals surface area contributed by atoms with Crippen LogP contribution in [0.25, 0.3) is 252 Å². The van der Waals surface area contributed by atoms with Gasteiger partial charge in [-0.3, -0.25) is 9.97 Å². The zero-order chi connectivity index (χ0) is 87.2. The van der Waals surface area contributed by atoms with Gasteiger partial charge in [0.1, 0.15) is 0 Å². The molecule has 0 saturated carbocycles. The van der Waals surface area contributed by atoms with Gasteiger partial charge in [0.05, 0.1) is 66.3 Å². The fourth-order valence-corrected chi connectivity index (χ4v) is 22.2. The van der Waals surface area contributed by atoms with Crippen LogP contribution in [-0.2, 0) is 5.41 Å². The largest absolute Gasteiger partial charge is 0.308 e. The van der Waals surface area contributed by atoms with Gasteiger partial charge in [-0.1, -0.05) is 335 Å². The van der Waals surface area contributed by atoms with E-state index in [1.165, 1.54) is 126 Å². The van der Waals surface area contributed by atoms with Crippen molar-refractivity contribution in [2.45, 2.75) is 19.3 Å². The highest BCUT2D eigenvalue weighted by Gasteiger charge is 2.42. The van der Waals surface area contributed by atoms with E-state index < -0.39 is 5.41 Å². The molecule has 0 atom stereocenters. The van der Waals surface area contributed by atoms with Crippen molar-refractivity contribution in [3.05, 3.63) is 448 Å². The lowest BCUT2D eigenvalue weighted by Gasteiger charge is -2.25. The molecule has 8 nitrogen and oxygen atoms in total. The molecule has 7 aromatic heterocycles. The average molecular weight is 1700 g/mol. The molecule has 0 unspecified atom stereocenters. The van der Waals surface area contributed by atoms with Crippen LogP contribution >= 0.6 is 11.3 Å². The van der Waals surface area contributed by atoms with E-state index in [1.807, 2.05) is 36.8 Å². The van der Waals surface area contributed by atoms with E-state index in [0.29, 0.717) is 11.6 Å². The van der Waals surface area contributed by atoms with Crippen molar-refractivity contribution in [1.29, 1.82) is 0 Å². The number of aromatic nitrogens is 8. The van der Waals surface area contributed by atoms with Gasteiger partial charge in [-0.15, -0.1) is 11.3 Å². The van der Waals surface area contributed by atoms with Crippen LogP contribution in [0.3, 0.4) is 0 Å². The first kappa shape index (κ1) is 76.3. The van der Waals surface area contributed by atoms with Gasteiger partial charge in [0.2, 0.25) is 0 Å². The molecule has 27 rings (SSSR count). The lowest BCUT2D eigenvalue weighted by molar-refractivity contribution is 0.658. The molecule has 0 aliphatic heterocycles. The predicted octanol–water partition coefficient (Wildman–Crippen LogP) is 32.5. The Balaban J connectivity index is 0.000000139. The normalized spacial score (nSPS) is 12.4. The van der Waals surface area contributed by atoms with Gasteiger partial charge in [0.15, 0.2) is 11.6 Å². The number of rotatable bonds is 11. The first-order chi connectivity index (χ1) is 65.2. The molecular formula is C123H78N8S. The minimum atomic E-state index is -0.434. The third kappa shape index (κ3) is 12.4. The Labute approximate surface area is 764 Å². The van der Waals surface area contributed by atoms with Gasteiger partial charge in [-0.05, 0) is 201 Å². The summed E-state index contributed by atoms with van der Waals surface area (Å²) in [5, 5.41) is 19.1. The zero-order valence-corrected chi connectivity index (χ0v) is 72.9. The lowest BCUT2D eigenvalue weighted by Crippen LogP contribution is -2.18. The fourth-order valence-electron chi connectivity index (χ4n) is 21.0. The summed E-state index contributed by atoms with van der Waals surface area (Å²) >= 11 is 1.77. The Morgan fingerprint density at radius 1 is 0.242 bits per heavy atom. The van der Waals surface area contributed by atoms with E-state index in [2.05, 4.69) is 428 Å². The van der Waals surface area contributed by atoms with Crippen molar-refractivity contribution >= 4 is 140 Å². The van der Waals surface area contributed by atoms with Crippen molar-refractivity contribution in [2.75, 3.05) is 0 Å². The molecule has 1 aliphatic carbocycles. The lowest BCUT2D eigenvalue weighted by atomic mass is 9.78. The number of nitrogens with zero attached hydrogens (tertiary/aromatic N) is 8. The van der Waals surface area contributed by atoms with Crippen LogP contribution in [-0.4, -0.2) is 39.0 Å². The van der Waals surface area contributed by atoms with Gasteiger partial charge < -0.3 is 9.13 Å². The molecule has 7 heterocycles. The molecule has 0 fully saturated rings. The van der Waals surface area contributed by atoms with E-state index in [0.717, 1.165) is 126 Å². The van der Waals surface area contributed by atoms with E-state index in [1.54, 1.807) is 11.3 Å². The smallest absolute Gasteiger partial charge is 0.160 e. The molecule has 19 aromatic carbocycles. The summed E-state index contributed by atoms with van der Waals surface area (Å²) in [6.45, 7) is 4.68. The van der Waals surface area contributed by atoms with Crippen molar-refractivity contribution in [3.8, 4) is 124 Å². The third-order valence-corrected chi connectivity index (χ3v) is 28.4. The number of hydrogen-bond donors (Lipinski definition) is 0. The van der Waals surface area contributed by atoms with Crippen molar-refractivity contribution in [2.24, 2.45) is 0 Å². The van der Waals surface area contributed by atoms with Crippen molar-refractivity contribution < 1.29 is 0 Å². The summed E-state index contributed by atoms with van der Waals surface area (Å²) in [6.07, 6.45) is 5.56. The Kier molecular flexibility index (Phi) is 17.7. The monoisotopic (exact) mass is 1700 g/mol. The molecule has 0 spiro atoms. The van der Waals surface area contributed by atoms with Gasteiger partial charge >= 0.3 is 0 Å². The third-order valence-electron chi connectivity index (χ3n) is 27.3.